The van der Waals surface area contributed by atoms with Crippen LogP contribution in [0.5, 0.6) is 0 Å². The second-order valence-electron chi connectivity index (χ2n) is 6.95. The Morgan fingerprint density at radius 2 is 1.67 bits per heavy atom. The van der Waals surface area contributed by atoms with Crippen LogP contribution in [0, 0.1) is 11.7 Å². The Hall–Kier alpha value is -3.42. The molecule has 0 unspecified atom stereocenters. The van der Waals surface area contributed by atoms with Gasteiger partial charge >= 0.3 is 11.9 Å². The second kappa shape index (κ2) is 9.39. The molecule has 0 radical (unpaired) electrons. The van der Waals surface area contributed by atoms with Crippen molar-refractivity contribution in [2.75, 3.05) is 37.5 Å². The molecule has 30 heavy (non-hydrogen) atoms. The zero-order chi connectivity index (χ0) is 21.7. The van der Waals surface area contributed by atoms with E-state index in [0.717, 1.165) is 0 Å². The zero-order valence-electron chi connectivity index (χ0n) is 16.8. The van der Waals surface area contributed by atoms with Gasteiger partial charge in [-0.1, -0.05) is 12.1 Å². The Labute approximate surface area is 173 Å². The molecule has 1 fully saturated rings. The molecule has 1 saturated heterocycles. The number of anilines is 2. The minimum absolute atomic E-state index is 0.141. The van der Waals surface area contributed by atoms with Crippen LogP contribution in [0.15, 0.2) is 42.5 Å². The maximum absolute atomic E-state index is 14.0. The fraction of sp³-hybridized carbons (Fsp3) is 0.318. The highest BCUT2D eigenvalue weighted by atomic mass is 19.1. The van der Waals surface area contributed by atoms with Crippen molar-refractivity contribution >= 4 is 29.2 Å². The van der Waals surface area contributed by atoms with E-state index in [1.165, 1.54) is 38.5 Å². The standard InChI is InChI=1S/C22H23FN2O5/c1-29-21(27)15-7-8-16(22(28)30-2)18(13-15)24-20(26)14-9-11-25(12-10-14)19-6-4-3-5-17(19)23/h3-8,13-14H,9-12H2,1-2H3,(H,24,26). The van der Waals surface area contributed by atoms with Crippen molar-refractivity contribution in [3.8, 4) is 0 Å². The number of ether oxygens (including phenoxy) is 2. The van der Waals surface area contributed by atoms with Crippen LogP contribution in [-0.2, 0) is 14.3 Å². The molecular formula is C22H23FN2O5. The van der Waals surface area contributed by atoms with Gasteiger partial charge < -0.3 is 19.7 Å². The van der Waals surface area contributed by atoms with E-state index in [1.807, 2.05) is 4.90 Å². The number of hydrogen-bond acceptors (Lipinski definition) is 6. The van der Waals surface area contributed by atoms with Crippen LogP contribution < -0.4 is 10.2 Å². The van der Waals surface area contributed by atoms with Gasteiger partial charge in [0.2, 0.25) is 5.91 Å². The first kappa shape index (κ1) is 21.3. The Bertz CT molecular complexity index is 954. The molecule has 7 nitrogen and oxygen atoms in total. The van der Waals surface area contributed by atoms with E-state index >= 15 is 0 Å². The molecule has 0 saturated carbocycles. The Morgan fingerprint density at radius 1 is 1.00 bits per heavy atom. The summed E-state index contributed by atoms with van der Waals surface area (Å²) < 4.78 is 23.5. The lowest BCUT2D eigenvalue weighted by Gasteiger charge is -2.33. The highest BCUT2D eigenvalue weighted by molar-refractivity contribution is 6.04. The fourth-order valence-electron chi connectivity index (χ4n) is 3.51. The minimum atomic E-state index is -0.629. The van der Waals surface area contributed by atoms with Crippen molar-refractivity contribution in [2.45, 2.75) is 12.8 Å². The second-order valence-corrected chi connectivity index (χ2v) is 6.95. The Kier molecular flexibility index (Phi) is 6.66. The van der Waals surface area contributed by atoms with Gasteiger partial charge in [-0.05, 0) is 43.2 Å². The predicted octanol–water partition coefficient (Wildman–Crippen LogP) is 3.25. The number of carbonyl (C=O) groups excluding carboxylic acids is 3. The van der Waals surface area contributed by atoms with Crippen LogP contribution >= 0.6 is 0 Å². The zero-order valence-corrected chi connectivity index (χ0v) is 16.8. The number of piperidine rings is 1. The van der Waals surface area contributed by atoms with E-state index in [-0.39, 0.29) is 34.5 Å². The molecular weight excluding hydrogens is 391 g/mol. The Morgan fingerprint density at radius 3 is 2.30 bits per heavy atom. The lowest BCUT2D eigenvalue weighted by Crippen LogP contribution is -2.38. The van der Waals surface area contributed by atoms with Crippen molar-refractivity contribution < 1.29 is 28.2 Å². The van der Waals surface area contributed by atoms with Crippen LogP contribution in [-0.4, -0.2) is 45.2 Å². The molecule has 1 N–H and O–H groups in total. The molecule has 1 aliphatic heterocycles. The Balaban J connectivity index is 1.72. The number of nitrogens with one attached hydrogen (secondary N) is 1. The quantitative estimate of drug-likeness (QED) is 0.756. The number of esters is 2. The summed E-state index contributed by atoms with van der Waals surface area (Å²) in [6.45, 7) is 1.07. The summed E-state index contributed by atoms with van der Waals surface area (Å²) in [4.78, 5) is 38.6. The molecule has 8 heteroatoms. The summed E-state index contributed by atoms with van der Waals surface area (Å²) in [5.41, 5.74) is 1.05. The summed E-state index contributed by atoms with van der Waals surface area (Å²) in [6, 6.07) is 10.8. The normalized spacial score (nSPS) is 14.2. The molecule has 1 amide bonds. The van der Waals surface area contributed by atoms with E-state index in [2.05, 4.69) is 5.32 Å². The number of hydrogen-bond donors (Lipinski definition) is 1. The van der Waals surface area contributed by atoms with Gasteiger partial charge in [-0.25, -0.2) is 14.0 Å². The number of amides is 1. The fourth-order valence-corrected chi connectivity index (χ4v) is 3.51. The average Bonchev–Trinajstić information content (AvgIpc) is 2.78. The van der Waals surface area contributed by atoms with Gasteiger partial charge in [-0.15, -0.1) is 0 Å². The monoisotopic (exact) mass is 414 g/mol. The highest BCUT2D eigenvalue weighted by Gasteiger charge is 2.27. The third-order valence-electron chi connectivity index (χ3n) is 5.16. The molecule has 0 atom stereocenters. The molecule has 0 aromatic heterocycles. The smallest absolute Gasteiger partial charge is 0.339 e. The third-order valence-corrected chi connectivity index (χ3v) is 5.16. The topological polar surface area (TPSA) is 84.9 Å². The van der Waals surface area contributed by atoms with E-state index in [0.29, 0.717) is 31.6 Å². The van der Waals surface area contributed by atoms with Gasteiger partial charge in [0.15, 0.2) is 0 Å². The number of benzene rings is 2. The van der Waals surface area contributed by atoms with Gasteiger partial charge in [0.1, 0.15) is 5.82 Å². The van der Waals surface area contributed by atoms with Crippen molar-refractivity contribution in [2.24, 2.45) is 5.92 Å². The number of methoxy groups -OCH3 is 2. The van der Waals surface area contributed by atoms with Gasteiger partial charge in [0.25, 0.3) is 0 Å². The summed E-state index contributed by atoms with van der Waals surface area (Å²) >= 11 is 0. The summed E-state index contributed by atoms with van der Waals surface area (Å²) in [5, 5.41) is 2.74. The van der Waals surface area contributed by atoms with E-state index in [1.54, 1.807) is 18.2 Å². The highest BCUT2D eigenvalue weighted by Crippen LogP contribution is 2.27. The van der Waals surface area contributed by atoms with Gasteiger partial charge in [0.05, 0.1) is 36.7 Å². The van der Waals surface area contributed by atoms with Crippen LogP contribution in [0.4, 0.5) is 15.8 Å². The van der Waals surface area contributed by atoms with Gasteiger partial charge in [-0.2, -0.15) is 0 Å². The lowest BCUT2D eigenvalue weighted by molar-refractivity contribution is -0.120. The number of nitrogens with zero attached hydrogens (tertiary/aromatic N) is 1. The van der Waals surface area contributed by atoms with Crippen LogP contribution in [0.2, 0.25) is 0 Å². The van der Waals surface area contributed by atoms with Crippen molar-refractivity contribution in [3.63, 3.8) is 0 Å². The molecule has 0 bridgehead atoms. The van der Waals surface area contributed by atoms with Crippen LogP contribution in [0.25, 0.3) is 0 Å². The molecule has 0 spiro atoms. The van der Waals surface area contributed by atoms with Gasteiger partial charge in [-0.3, -0.25) is 4.79 Å². The summed E-state index contributed by atoms with van der Waals surface area (Å²) in [6.07, 6.45) is 1.06. The van der Waals surface area contributed by atoms with Crippen LogP contribution in [0.1, 0.15) is 33.6 Å². The summed E-state index contributed by atoms with van der Waals surface area (Å²) in [5.74, 6) is -2.07. The first-order valence-electron chi connectivity index (χ1n) is 9.55. The number of halogens is 1. The first-order valence-corrected chi connectivity index (χ1v) is 9.55. The van der Waals surface area contributed by atoms with E-state index < -0.39 is 11.9 Å². The average molecular weight is 414 g/mol. The van der Waals surface area contributed by atoms with Crippen molar-refractivity contribution in [1.82, 2.24) is 0 Å². The lowest BCUT2D eigenvalue weighted by atomic mass is 9.95. The van der Waals surface area contributed by atoms with E-state index in [4.69, 9.17) is 9.47 Å². The molecule has 3 rings (SSSR count). The molecule has 1 heterocycles. The van der Waals surface area contributed by atoms with Crippen molar-refractivity contribution in [3.05, 3.63) is 59.4 Å². The number of rotatable bonds is 5. The SMILES string of the molecule is COC(=O)c1ccc(C(=O)OC)c(NC(=O)C2CCN(c3ccccc3F)CC2)c1. The molecule has 158 valence electrons. The first-order chi connectivity index (χ1) is 14.4. The molecule has 2 aromatic rings. The largest absolute Gasteiger partial charge is 0.465 e. The minimum Gasteiger partial charge on any atom is -0.465 e. The maximum Gasteiger partial charge on any atom is 0.339 e. The van der Waals surface area contributed by atoms with Crippen LogP contribution in [0.3, 0.4) is 0 Å². The molecule has 2 aromatic carbocycles. The van der Waals surface area contributed by atoms with Crippen molar-refractivity contribution in [1.29, 1.82) is 0 Å². The molecule has 1 aliphatic rings. The summed E-state index contributed by atoms with van der Waals surface area (Å²) in [7, 11) is 2.48. The van der Waals surface area contributed by atoms with E-state index in [9.17, 15) is 18.8 Å². The number of carbonyl (C=O) groups is 3. The predicted molar refractivity (Wildman–Crippen MR) is 109 cm³/mol. The van der Waals surface area contributed by atoms with Gasteiger partial charge in [0, 0.05) is 19.0 Å². The third kappa shape index (κ3) is 4.59. The number of para-hydroxylation sites is 1. The maximum atomic E-state index is 14.0. The molecule has 0 aliphatic carbocycles.